The van der Waals surface area contributed by atoms with Gasteiger partial charge in [0.2, 0.25) is 0 Å². The monoisotopic (exact) mass is 447 g/mol. The molecule has 0 aliphatic heterocycles. The number of halogens is 1. The maximum atomic E-state index is 13.4. The van der Waals surface area contributed by atoms with E-state index in [0.717, 1.165) is 27.0 Å². The standard InChI is InChI=1S/C24H18FN3O3S/c25-17-7-10-19-20(13-17)32-23(27-19)26-18-8-5-15(6-9-18)14-1-3-16(4-2-14)21(29)28-24(11-12-24)22(30)31/h1-10,13H,11-12H2,(H,26,27)(H,28,29)(H,30,31). The number of thiazole rings is 1. The van der Waals surface area contributed by atoms with Gasteiger partial charge in [-0.25, -0.2) is 14.2 Å². The molecule has 160 valence electrons. The molecule has 1 heterocycles. The Balaban J connectivity index is 1.27. The number of carboxylic acids is 1. The average Bonchev–Trinajstić information content (AvgIpc) is 3.47. The Bertz CT molecular complexity index is 1330. The van der Waals surface area contributed by atoms with Gasteiger partial charge in [-0.15, -0.1) is 0 Å². The number of carbonyl (C=O) groups excluding carboxylic acids is 1. The number of aromatic nitrogens is 1. The number of fused-ring (bicyclic) bond motifs is 1. The number of carboxylic acid groups (broad SMARTS) is 1. The lowest BCUT2D eigenvalue weighted by molar-refractivity contribution is -0.140. The molecule has 8 heteroatoms. The van der Waals surface area contributed by atoms with Crippen molar-refractivity contribution in [2.24, 2.45) is 0 Å². The number of aliphatic carboxylic acids is 1. The van der Waals surface area contributed by atoms with E-state index in [1.54, 1.807) is 18.2 Å². The van der Waals surface area contributed by atoms with Crippen LogP contribution in [0.25, 0.3) is 21.3 Å². The van der Waals surface area contributed by atoms with Crippen molar-refractivity contribution in [3.8, 4) is 11.1 Å². The predicted octanol–water partition coefficient (Wildman–Crippen LogP) is 5.19. The van der Waals surface area contributed by atoms with Crippen molar-refractivity contribution in [2.45, 2.75) is 18.4 Å². The van der Waals surface area contributed by atoms with Crippen LogP contribution < -0.4 is 10.6 Å². The number of hydrogen-bond acceptors (Lipinski definition) is 5. The topological polar surface area (TPSA) is 91.3 Å². The molecule has 1 amide bonds. The van der Waals surface area contributed by atoms with Crippen LogP contribution in [0.4, 0.5) is 15.2 Å². The van der Waals surface area contributed by atoms with Crippen LogP contribution in [0, 0.1) is 5.82 Å². The third-order valence-electron chi connectivity index (χ3n) is 5.48. The number of carbonyl (C=O) groups is 2. The highest BCUT2D eigenvalue weighted by atomic mass is 32.1. The van der Waals surface area contributed by atoms with Gasteiger partial charge in [0.05, 0.1) is 10.2 Å². The van der Waals surface area contributed by atoms with Crippen LogP contribution in [0.15, 0.2) is 66.7 Å². The van der Waals surface area contributed by atoms with Gasteiger partial charge in [0.1, 0.15) is 11.4 Å². The van der Waals surface area contributed by atoms with E-state index in [-0.39, 0.29) is 11.7 Å². The van der Waals surface area contributed by atoms with Crippen LogP contribution >= 0.6 is 11.3 Å². The molecule has 0 saturated heterocycles. The number of nitrogens with zero attached hydrogens (tertiary/aromatic N) is 1. The summed E-state index contributed by atoms with van der Waals surface area (Å²) in [6, 6.07) is 19.3. The van der Waals surface area contributed by atoms with E-state index in [2.05, 4.69) is 15.6 Å². The summed E-state index contributed by atoms with van der Waals surface area (Å²) < 4.78 is 14.1. The first kappa shape index (κ1) is 20.1. The quantitative estimate of drug-likeness (QED) is 0.378. The van der Waals surface area contributed by atoms with Crippen molar-refractivity contribution in [3.63, 3.8) is 0 Å². The zero-order valence-electron chi connectivity index (χ0n) is 16.8. The summed E-state index contributed by atoms with van der Waals surface area (Å²) >= 11 is 1.38. The molecule has 0 spiro atoms. The SMILES string of the molecule is O=C(NC1(C(=O)O)CC1)c1ccc(-c2ccc(Nc3nc4ccc(F)cc4s3)cc2)cc1. The van der Waals surface area contributed by atoms with Crippen LogP contribution in [0.3, 0.4) is 0 Å². The lowest BCUT2D eigenvalue weighted by Gasteiger charge is -2.12. The van der Waals surface area contributed by atoms with Gasteiger partial charge in [0.15, 0.2) is 5.13 Å². The Kier molecular flexibility index (Phi) is 4.86. The molecule has 1 aliphatic carbocycles. The molecular weight excluding hydrogens is 429 g/mol. The molecular formula is C24H18FN3O3S. The van der Waals surface area contributed by atoms with Crippen molar-refractivity contribution in [3.05, 3.63) is 78.1 Å². The van der Waals surface area contributed by atoms with E-state index in [9.17, 15) is 19.1 Å². The minimum atomic E-state index is -1.10. The summed E-state index contributed by atoms with van der Waals surface area (Å²) in [5, 5.41) is 15.8. The summed E-state index contributed by atoms with van der Waals surface area (Å²) in [4.78, 5) is 28.1. The van der Waals surface area contributed by atoms with Crippen molar-refractivity contribution in [1.82, 2.24) is 10.3 Å². The zero-order valence-corrected chi connectivity index (χ0v) is 17.6. The molecule has 1 aromatic heterocycles. The molecule has 1 fully saturated rings. The lowest BCUT2D eigenvalue weighted by Crippen LogP contribution is -2.43. The van der Waals surface area contributed by atoms with E-state index in [4.69, 9.17) is 0 Å². The number of anilines is 2. The first-order chi connectivity index (χ1) is 15.4. The predicted molar refractivity (Wildman–Crippen MR) is 122 cm³/mol. The van der Waals surface area contributed by atoms with Gasteiger partial charge < -0.3 is 15.7 Å². The Hall–Kier alpha value is -3.78. The van der Waals surface area contributed by atoms with Gasteiger partial charge in [-0.1, -0.05) is 35.6 Å². The molecule has 3 aromatic carbocycles. The van der Waals surface area contributed by atoms with Crippen LogP contribution in [-0.4, -0.2) is 27.5 Å². The third kappa shape index (κ3) is 3.92. The molecule has 6 nitrogen and oxygen atoms in total. The smallest absolute Gasteiger partial charge is 0.329 e. The van der Waals surface area contributed by atoms with Crippen LogP contribution in [0.1, 0.15) is 23.2 Å². The number of benzene rings is 3. The molecule has 32 heavy (non-hydrogen) atoms. The summed E-state index contributed by atoms with van der Waals surface area (Å²) in [6.45, 7) is 0. The zero-order chi connectivity index (χ0) is 22.3. The van der Waals surface area contributed by atoms with Crippen molar-refractivity contribution >= 4 is 44.2 Å². The van der Waals surface area contributed by atoms with Gasteiger partial charge in [-0.2, -0.15) is 0 Å². The summed E-state index contributed by atoms with van der Waals surface area (Å²) in [7, 11) is 0. The summed E-state index contributed by atoms with van der Waals surface area (Å²) in [5.41, 5.74) is 2.83. The Morgan fingerprint density at radius 2 is 1.62 bits per heavy atom. The highest BCUT2D eigenvalue weighted by molar-refractivity contribution is 7.22. The fourth-order valence-electron chi connectivity index (χ4n) is 3.44. The van der Waals surface area contributed by atoms with Crippen LogP contribution in [0.2, 0.25) is 0 Å². The first-order valence-electron chi connectivity index (χ1n) is 10.0. The fourth-order valence-corrected chi connectivity index (χ4v) is 4.35. The Morgan fingerprint density at radius 3 is 2.25 bits per heavy atom. The maximum Gasteiger partial charge on any atom is 0.329 e. The minimum Gasteiger partial charge on any atom is -0.480 e. The normalized spacial score (nSPS) is 14.2. The highest BCUT2D eigenvalue weighted by Gasteiger charge is 2.51. The molecule has 1 aliphatic rings. The molecule has 0 unspecified atom stereocenters. The third-order valence-corrected chi connectivity index (χ3v) is 6.41. The molecule has 0 bridgehead atoms. The Morgan fingerprint density at radius 1 is 0.969 bits per heavy atom. The van der Waals surface area contributed by atoms with E-state index >= 15 is 0 Å². The second kappa shape index (κ2) is 7.72. The minimum absolute atomic E-state index is 0.283. The van der Waals surface area contributed by atoms with E-state index in [0.29, 0.717) is 23.5 Å². The number of rotatable bonds is 6. The number of hydrogen-bond donors (Lipinski definition) is 3. The molecule has 4 aromatic rings. The lowest BCUT2D eigenvalue weighted by atomic mass is 10.0. The molecule has 1 saturated carbocycles. The first-order valence-corrected chi connectivity index (χ1v) is 10.8. The van der Waals surface area contributed by atoms with Gasteiger partial charge in [-0.3, -0.25) is 4.79 Å². The van der Waals surface area contributed by atoms with E-state index < -0.39 is 11.5 Å². The number of amides is 1. The summed E-state index contributed by atoms with van der Waals surface area (Å²) in [5.74, 6) is -1.66. The maximum absolute atomic E-state index is 13.4. The van der Waals surface area contributed by atoms with Crippen LogP contribution in [-0.2, 0) is 4.79 Å². The largest absolute Gasteiger partial charge is 0.480 e. The van der Waals surface area contributed by atoms with Crippen molar-refractivity contribution < 1.29 is 19.1 Å². The van der Waals surface area contributed by atoms with Crippen LogP contribution in [0.5, 0.6) is 0 Å². The average molecular weight is 447 g/mol. The second-order valence-corrected chi connectivity index (χ2v) is 8.78. The van der Waals surface area contributed by atoms with Crippen molar-refractivity contribution in [1.29, 1.82) is 0 Å². The fraction of sp³-hybridized carbons (Fsp3) is 0.125. The molecule has 5 rings (SSSR count). The number of nitrogens with one attached hydrogen (secondary N) is 2. The summed E-state index contributed by atoms with van der Waals surface area (Å²) in [6.07, 6.45) is 0.918. The van der Waals surface area contributed by atoms with Gasteiger partial charge in [0, 0.05) is 11.3 Å². The van der Waals surface area contributed by atoms with Gasteiger partial charge in [0.25, 0.3) is 5.91 Å². The highest BCUT2D eigenvalue weighted by Crippen LogP contribution is 2.36. The van der Waals surface area contributed by atoms with E-state index in [1.807, 2.05) is 36.4 Å². The molecule has 3 N–H and O–H groups in total. The molecule has 0 atom stereocenters. The second-order valence-electron chi connectivity index (χ2n) is 7.75. The molecule has 0 radical (unpaired) electrons. The van der Waals surface area contributed by atoms with Crippen molar-refractivity contribution in [2.75, 3.05) is 5.32 Å². The van der Waals surface area contributed by atoms with E-state index in [1.165, 1.54) is 23.5 Å². The van der Waals surface area contributed by atoms with Gasteiger partial charge in [-0.05, 0) is 66.4 Å². The van der Waals surface area contributed by atoms with Gasteiger partial charge >= 0.3 is 5.97 Å². The Labute approximate surface area is 186 Å².